The molecule has 0 saturated heterocycles. The fraction of sp³-hybridized carbons (Fsp3) is 0.231. The topological polar surface area (TPSA) is 70.2 Å². The Morgan fingerprint density at radius 3 is 2.47 bits per heavy atom. The Labute approximate surface area is 110 Å². The number of carbonyl (C=O) groups excluding carboxylic acids is 2. The quantitative estimate of drug-likeness (QED) is 0.670. The van der Waals surface area contributed by atoms with E-state index < -0.39 is 6.03 Å². The SMILES string of the molecule is C=CCNC(=O)CNC(=O)NCc1ccc(F)cc1. The zero-order valence-electron chi connectivity index (χ0n) is 10.4. The molecule has 19 heavy (non-hydrogen) atoms. The van der Waals surface area contributed by atoms with Gasteiger partial charge in [0.15, 0.2) is 0 Å². The van der Waals surface area contributed by atoms with Gasteiger partial charge in [0.25, 0.3) is 0 Å². The highest BCUT2D eigenvalue weighted by Crippen LogP contribution is 2.01. The molecule has 5 nitrogen and oxygen atoms in total. The number of nitrogens with one attached hydrogen (secondary N) is 3. The Hall–Kier alpha value is -2.37. The summed E-state index contributed by atoms with van der Waals surface area (Å²) in [4.78, 5) is 22.5. The van der Waals surface area contributed by atoms with Gasteiger partial charge >= 0.3 is 6.03 Å². The highest BCUT2D eigenvalue weighted by Gasteiger charge is 2.03. The summed E-state index contributed by atoms with van der Waals surface area (Å²) in [6, 6.07) is 5.33. The fourth-order valence-electron chi connectivity index (χ4n) is 1.26. The Balaban J connectivity index is 2.22. The Kier molecular flexibility index (Phi) is 6.08. The Morgan fingerprint density at radius 1 is 1.16 bits per heavy atom. The zero-order valence-corrected chi connectivity index (χ0v) is 10.4. The van der Waals surface area contributed by atoms with Crippen molar-refractivity contribution in [1.82, 2.24) is 16.0 Å². The lowest BCUT2D eigenvalue weighted by Gasteiger charge is -2.07. The minimum Gasteiger partial charge on any atom is -0.351 e. The molecule has 0 heterocycles. The van der Waals surface area contributed by atoms with E-state index in [-0.39, 0.29) is 24.8 Å². The predicted molar refractivity (Wildman–Crippen MR) is 69.8 cm³/mol. The summed E-state index contributed by atoms with van der Waals surface area (Å²) < 4.78 is 12.6. The van der Waals surface area contributed by atoms with E-state index in [0.29, 0.717) is 6.54 Å². The van der Waals surface area contributed by atoms with Crippen molar-refractivity contribution in [2.75, 3.05) is 13.1 Å². The molecular formula is C13H16FN3O2. The molecule has 0 bridgehead atoms. The van der Waals surface area contributed by atoms with E-state index in [9.17, 15) is 14.0 Å². The molecule has 1 rings (SSSR count). The third-order valence-electron chi connectivity index (χ3n) is 2.22. The number of hydrogen-bond acceptors (Lipinski definition) is 2. The minimum atomic E-state index is -0.460. The number of halogens is 1. The van der Waals surface area contributed by atoms with Crippen LogP contribution in [0.5, 0.6) is 0 Å². The van der Waals surface area contributed by atoms with Crippen molar-refractivity contribution in [1.29, 1.82) is 0 Å². The van der Waals surface area contributed by atoms with E-state index in [0.717, 1.165) is 5.56 Å². The number of urea groups is 1. The number of rotatable bonds is 6. The summed E-state index contributed by atoms with van der Waals surface area (Å²) in [6.07, 6.45) is 1.55. The summed E-state index contributed by atoms with van der Waals surface area (Å²) in [5.41, 5.74) is 0.771. The van der Waals surface area contributed by atoms with Gasteiger partial charge in [0.05, 0.1) is 6.54 Å². The monoisotopic (exact) mass is 265 g/mol. The molecule has 0 unspecified atom stereocenters. The second-order valence-corrected chi connectivity index (χ2v) is 3.76. The zero-order chi connectivity index (χ0) is 14.1. The van der Waals surface area contributed by atoms with Crippen LogP contribution in [0.4, 0.5) is 9.18 Å². The average Bonchev–Trinajstić information content (AvgIpc) is 2.42. The predicted octanol–water partition coefficient (Wildman–Crippen LogP) is 0.927. The molecule has 0 atom stereocenters. The van der Waals surface area contributed by atoms with Gasteiger partial charge in [-0.25, -0.2) is 9.18 Å². The van der Waals surface area contributed by atoms with E-state index >= 15 is 0 Å². The van der Waals surface area contributed by atoms with Gasteiger partial charge in [0.1, 0.15) is 5.82 Å². The van der Waals surface area contributed by atoms with E-state index in [1.165, 1.54) is 12.1 Å². The molecule has 0 saturated carbocycles. The molecule has 6 heteroatoms. The van der Waals surface area contributed by atoms with Crippen LogP contribution in [0.1, 0.15) is 5.56 Å². The van der Waals surface area contributed by atoms with Crippen LogP contribution in [0.3, 0.4) is 0 Å². The number of benzene rings is 1. The highest BCUT2D eigenvalue weighted by molar-refractivity contribution is 5.83. The standard InChI is InChI=1S/C13H16FN3O2/c1-2-7-15-12(18)9-17-13(19)16-8-10-3-5-11(14)6-4-10/h2-6H,1,7-9H2,(H,15,18)(H2,16,17,19). The average molecular weight is 265 g/mol. The molecule has 1 aromatic carbocycles. The van der Waals surface area contributed by atoms with Crippen LogP contribution in [-0.4, -0.2) is 25.0 Å². The van der Waals surface area contributed by atoms with E-state index in [1.54, 1.807) is 18.2 Å². The van der Waals surface area contributed by atoms with Crippen LogP contribution in [-0.2, 0) is 11.3 Å². The molecule has 3 amide bonds. The van der Waals surface area contributed by atoms with Gasteiger partial charge < -0.3 is 16.0 Å². The maximum atomic E-state index is 12.6. The molecule has 1 aromatic rings. The smallest absolute Gasteiger partial charge is 0.315 e. The van der Waals surface area contributed by atoms with Crippen molar-refractivity contribution in [3.05, 3.63) is 48.3 Å². The number of hydrogen-bond donors (Lipinski definition) is 3. The molecule has 0 aliphatic rings. The van der Waals surface area contributed by atoms with Crippen molar-refractivity contribution in [2.24, 2.45) is 0 Å². The summed E-state index contributed by atoms with van der Waals surface area (Å²) >= 11 is 0. The number of carbonyl (C=O) groups is 2. The first-order chi connectivity index (χ1) is 9.11. The van der Waals surface area contributed by atoms with Gasteiger partial charge in [-0.3, -0.25) is 4.79 Å². The maximum absolute atomic E-state index is 12.6. The second kappa shape index (κ2) is 7.86. The first-order valence-corrected chi connectivity index (χ1v) is 5.75. The molecular weight excluding hydrogens is 249 g/mol. The maximum Gasteiger partial charge on any atom is 0.315 e. The largest absolute Gasteiger partial charge is 0.351 e. The van der Waals surface area contributed by atoms with Gasteiger partial charge in [-0.1, -0.05) is 18.2 Å². The molecule has 0 spiro atoms. The van der Waals surface area contributed by atoms with Crippen LogP contribution in [0.25, 0.3) is 0 Å². The molecule has 3 N–H and O–H groups in total. The first kappa shape index (κ1) is 14.7. The van der Waals surface area contributed by atoms with Crippen LogP contribution in [0.15, 0.2) is 36.9 Å². The lowest BCUT2D eigenvalue weighted by Crippen LogP contribution is -2.41. The van der Waals surface area contributed by atoms with Crippen molar-refractivity contribution >= 4 is 11.9 Å². The second-order valence-electron chi connectivity index (χ2n) is 3.76. The van der Waals surface area contributed by atoms with Crippen molar-refractivity contribution in [3.8, 4) is 0 Å². The van der Waals surface area contributed by atoms with E-state index in [4.69, 9.17) is 0 Å². The van der Waals surface area contributed by atoms with Crippen LogP contribution < -0.4 is 16.0 Å². The minimum absolute atomic E-state index is 0.108. The molecule has 102 valence electrons. The highest BCUT2D eigenvalue weighted by atomic mass is 19.1. The summed E-state index contributed by atoms with van der Waals surface area (Å²) in [5, 5.41) is 7.49. The van der Waals surface area contributed by atoms with Crippen molar-refractivity contribution in [2.45, 2.75) is 6.54 Å². The molecule has 0 fully saturated rings. The third-order valence-corrected chi connectivity index (χ3v) is 2.22. The summed E-state index contributed by atoms with van der Waals surface area (Å²) in [5.74, 6) is -0.621. The van der Waals surface area contributed by atoms with Crippen molar-refractivity contribution in [3.63, 3.8) is 0 Å². The van der Waals surface area contributed by atoms with E-state index in [1.807, 2.05) is 0 Å². The molecule has 0 aromatic heterocycles. The summed E-state index contributed by atoms with van der Waals surface area (Å²) in [7, 11) is 0. The molecule has 0 aliphatic heterocycles. The van der Waals surface area contributed by atoms with Crippen LogP contribution in [0, 0.1) is 5.82 Å². The summed E-state index contributed by atoms with van der Waals surface area (Å²) in [6.45, 7) is 3.97. The van der Waals surface area contributed by atoms with Crippen molar-refractivity contribution < 1.29 is 14.0 Å². The van der Waals surface area contributed by atoms with Gasteiger partial charge in [-0.15, -0.1) is 6.58 Å². The molecule has 0 aliphatic carbocycles. The lowest BCUT2D eigenvalue weighted by molar-refractivity contribution is -0.119. The fourth-order valence-corrected chi connectivity index (χ4v) is 1.26. The Bertz CT molecular complexity index is 446. The van der Waals surface area contributed by atoms with Crippen LogP contribution in [0.2, 0.25) is 0 Å². The lowest BCUT2D eigenvalue weighted by atomic mass is 10.2. The van der Waals surface area contributed by atoms with Gasteiger partial charge in [0.2, 0.25) is 5.91 Å². The van der Waals surface area contributed by atoms with Gasteiger partial charge in [0, 0.05) is 13.1 Å². The van der Waals surface area contributed by atoms with Gasteiger partial charge in [-0.05, 0) is 17.7 Å². The molecule has 0 radical (unpaired) electrons. The van der Waals surface area contributed by atoms with E-state index in [2.05, 4.69) is 22.5 Å². The van der Waals surface area contributed by atoms with Crippen LogP contribution >= 0.6 is 0 Å². The number of amides is 3. The van der Waals surface area contributed by atoms with Gasteiger partial charge in [-0.2, -0.15) is 0 Å². The normalized spacial score (nSPS) is 9.53. The first-order valence-electron chi connectivity index (χ1n) is 5.75. The Morgan fingerprint density at radius 2 is 1.84 bits per heavy atom. The third kappa shape index (κ3) is 6.21.